The van der Waals surface area contributed by atoms with E-state index < -0.39 is 0 Å². The number of benzene rings is 1. The van der Waals surface area contributed by atoms with E-state index in [1.807, 2.05) is 24.3 Å². The van der Waals surface area contributed by atoms with Crippen LogP contribution in [0.25, 0.3) is 0 Å². The molecule has 198 valence electrons. The van der Waals surface area contributed by atoms with Crippen LogP contribution < -0.4 is 9.47 Å². The zero-order chi connectivity index (χ0) is 24.7. The molecule has 36 heavy (non-hydrogen) atoms. The predicted octanol–water partition coefficient (Wildman–Crippen LogP) is 4.75. The summed E-state index contributed by atoms with van der Waals surface area (Å²) >= 11 is 0. The number of rotatable bonds is 10. The highest BCUT2D eigenvalue weighted by atomic mass is 16.7. The molecule has 0 spiro atoms. The van der Waals surface area contributed by atoms with E-state index in [0.29, 0.717) is 32.5 Å². The molecule has 0 radical (unpaired) electrons. The molecule has 4 fully saturated rings. The van der Waals surface area contributed by atoms with Gasteiger partial charge in [-0.15, -0.1) is 0 Å². The van der Waals surface area contributed by atoms with E-state index in [0.717, 1.165) is 62.4 Å². The van der Waals surface area contributed by atoms with Crippen molar-refractivity contribution in [1.82, 2.24) is 0 Å². The van der Waals surface area contributed by atoms with Crippen LogP contribution in [0, 0.1) is 11.8 Å². The normalized spacial score (nSPS) is 32.6. The summed E-state index contributed by atoms with van der Waals surface area (Å²) in [6.45, 7) is 1.91. The fourth-order valence-corrected chi connectivity index (χ4v) is 5.70. The molecule has 2 unspecified atom stereocenters. The van der Waals surface area contributed by atoms with Gasteiger partial charge in [0.25, 0.3) is 0 Å². The first-order valence-corrected chi connectivity index (χ1v) is 13.4. The first-order valence-electron chi connectivity index (χ1n) is 13.4. The number of fused-ring (bicyclic) bond motifs is 1. The summed E-state index contributed by atoms with van der Waals surface area (Å²) in [5.74, 6) is 2.14. The van der Waals surface area contributed by atoms with Crippen molar-refractivity contribution in [2.24, 2.45) is 11.8 Å². The lowest BCUT2D eigenvalue weighted by atomic mass is 9.89. The van der Waals surface area contributed by atoms with Crippen LogP contribution in [-0.2, 0) is 28.5 Å². The van der Waals surface area contributed by atoms with Crippen molar-refractivity contribution < 1.29 is 38.0 Å². The molecule has 5 rings (SSSR count). The third kappa shape index (κ3) is 6.33. The van der Waals surface area contributed by atoms with Crippen molar-refractivity contribution in [1.29, 1.82) is 0 Å². The van der Waals surface area contributed by atoms with E-state index in [1.54, 1.807) is 7.11 Å². The molecule has 0 aromatic heterocycles. The Bertz CT molecular complexity index is 889. The van der Waals surface area contributed by atoms with Crippen LogP contribution in [0.2, 0.25) is 0 Å². The van der Waals surface area contributed by atoms with Crippen molar-refractivity contribution in [2.75, 3.05) is 26.9 Å². The van der Waals surface area contributed by atoms with E-state index in [2.05, 4.69) is 6.08 Å². The summed E-state index contributed by atoms with van der Waals surface area (Å²) < 4.78 is 41.7. The minimum absolute atomic E-state index is 0.0280. The lowest BCUT2D eigenvalue weighted by molar-refractivity contribution is -0.201. The van der Waals surface area contributed by atoms with Crippen molar-refractivity contribution in [3.63, 3.8) is 0 Å². The summed E-state index contributed by atoms with van der Waals surface area (Å²) in [6, 6.07) is 7.58. The maximum absolute atomic E-state index is 12.2. The van der Waals surface area contributed by atoms with Crippen LogP contribution in [0.1, 0.15) is 57.8 Å². The molecule has 3 heterocycles. The van der Waals surface area contributed by atoms with Gasteiger partial charge in [-0.2, -0.15) is 0 Å². The van der Waals surface area contributed by atoms with E-state index in [-0.39, 0.29) is 42.6 Å². The van der Waals surface area contributed by atoms with Crippen molar-refractivity contribution in [3.8, 4) is 11.5 Å². The Kier molecular flexibility index (Phi) is 8.67. The standard InChI is InChI=1S/C28H38O8/c1-30-19-8-6-9-20(16-19)31-15-7-10-22(35-26-11-2-4-13-32-26)28-21-17-25(29)34-23(21)18-24(28)36-27-12-3-5-14-33-27/h6,8-10,16,21,23-24,26-28H,2-5,7,11-15,17-18H2,1H3/b22-10+/t21-,23-,24-,26?,27?,28-/m1/s1. The summed E-state index contributed by atoms with van der Waals surface area (Å²) in [7, 11) is 1.64. The number of hydrogen-bond acceptors (Lipinski definition) is 8. The number of carbonyl (C=O) groups is 1. The molecule has 4 aliphatic rings. The Morgan fingerprint density at radius 1 is 1.06 bits per heavy atom. The van der Waals surface area contributed by atoms with Gasteiger partial charge in [0.1, 0.15) is 23.4 Å². The highest BCUT2D eigenvalue weighted by Crippen LogP contribution is 2.47. The largest absolute Gasteiger partial charge is 0.497 e. The van der Waals surface area contributed by atoms with Gasteiger partial charge < -0.3 is 33.2 Å². The third-order valence-electron chi connectivity index (χ3n) is 7.46. The Morgan fingerprint density at radius 3 is 2.58 bits per heavy atom. The Hall–Kier alpha value is -2.29. The molecule has 3 aliphatic heterocycles. The highest BCUT2D eigenvalue weighted by molar-refractivity contribution is 5.72. The van der Waals surface area contributed by atoms with Gasteiger partial charge in [0, 0.05) is 43.8 Å². The fourth-order valence-electron chi connectivity index (χ4n) is 5.70. The summed E-state index contributed by atoms with van der Waals surface area (Å²) in [4.78, 5) is 12.2. The topological polar surface area (TPSA) is 81.7 Å². The van der Waals surface area contributed by atoms with Crippen molar-refractivity contribution in [2.45, 2.75) is 82.6 Å². The van der Waals surface area contributed by atoms with Gasteiger partial charge in [0.15, 0.2) is 12.6 Å². The molecule has 8 heteroatoms. The minimum atomic E-state index is -0.284. The van der Waals surface area contributed by atoms with Crippen LogP contribution in [0.5, 0.6) is 11.5 Å². The molecule has 6 atom stereocenters. The summed E-state index contributed by atoms with van der Waals surface area (Å²) in [5.41, 5.74) is 0. The second-order valence-corrected chi connectivity index (χ2v) is 9.97. The van der Waals surface area contributed by atoms with E-state index in [1.165, 1.54) is 0 Å². The second kappa shape index (κ2) is 12.3. The van der Waals surface area contributed by atoms with Crippen LogP contribution in [-0.4, -0.2) is 57.7 Å². The van der Waals surface area contributed by atoms with Gasteiger partial charge in [-0.05, 0) is 50.3 Å². The van der Waals surface area contributed by atoms with Gasteiger partial charge >= 0.3 is 5.97 Å². The predicted molar refractivity (Wildman–Crippen MR) is 130 cm³/mol. The summed E-state index contributed by atoms with van der Waals surface area (Å²) in [5, 5.41) is 0. The lowest BCUT2D eigenvalue weighted by Crippen LogP contribution is -2.34. The van der Waals surface area contributed by atoms with Gasteiger partial charge in [0.2, 0.25) is 0 Å². The van der Waals surface area contributed by atoms with E-state index >= 15 is 0 Å². The molecule has 1 saturated carbocycles. The van der Waals surface area contributed by atoms with E-state index in [4.69, 9.17) is 33.2 Å². The second-order valence-electron chi connectivity index (χ2n) is 9.97. The van der Waals surface area contributed by atoms with Gasteiger partial charge in [-0.25, -0.2) is 0 Å². The van der Waals surface area contributed by atoms with Gasteiger partial charge in [0.05, 0.1) is 32.8 Å². The van der Waals surface area contributed by atoms with Crippen LogP contribution >= 0.6 is 0 Å². The molecule has 0 N–H and O–H groups in total. The van der Waals surface area contributed by atoms with Crippen LogP contribution in [0.3, 0.4) is 0 Å². The summed E-state index contributed by atoms with van der Waals surface area (Å²) in [6.07, 6.45) is 9.02. The zero-order valence-corrected chi connectivity index (χ0v) is 21.1. The monoisotopic (exact) mass is 502 g/mol. The maximum atomic E-state index is 12.2. The molecule has 0 bridgehead atoms. The van der Waals surface area contributed by atoms with Crippen molar-refractivity contribution >= 4 is 5.97 Å². The smallest absolute Gasteiger partial charge is 0.306 e. The van der Waals surface area contributed by atoms with Crippen LogP contribution in [0.4, 0.5) is 0 Å². The zero-order valence-electron chi connectivity index (χ0n) is 21.1. The SMILES string of the molecule is COc1cccc(OCC/C=C(/OC2CCCCO2)[C@H]2[C@@H]3CC(=O)O[C@@H]3C[C@H]2OC2CCCCO2)c1. The molecule has 3 saturated heterocycles. The number of hydrogen-bond donors (Lipinski definition) is 0. The first kappa shape index (κ1) is 25.4. The molecule has 0 amide bonds. The molecule has 8 nitrogen and oxygen atoms in total. The average molecular weight is 503 g/mol. The van der Waals surface area contributed by atoms with Crippen LogP contribution in [0.15, 0.2) is 36.1 Å². The maximum Gasteiger partial charge on any atom is 0.306 e. The first-order chi connectivity index (χ1) is 17.7. The van der Waals surface area contributed by atoms with Gasteiger partial charge in [-0.3, -0.25) is 4.79 Å². The number of methoxy groups -OCH3 is 1. The highest BCUT2D eigenvalue weighted by Gasteiger charge is 2.53. The van der Waals surface area contributed by atoms with E-state index in [9.17, 15) is 4.79 Å². The molecular weight excluding hydrogens is 464 g/mol. The minimum Gasteiger partial charge on any atom is -0.497 e. The number of carbonyl (C=O) groups excluding carboxylic acids is 1. The van der Waals surface area contributed by atoms with Gasteiger partial charge in [-0.1, -0.05) is 6.07 Å². The number of esters is 1. The Morgan fingerprint density at radius 2 is 1.83 bits per heavy atom. The quantitative estimate of drug-likeness (QED) is 0.258. The lowest BCUT2D eigenvalue weighted by Gasteiger charge is -2.33. The molecule has 1 aliphatic carbocycles. The number of ether oxygens (including phenoxy) is 7. The fraction of sp³-hybridized carbons (Fsp3) is 0.679. The molecular formula is C28H38O8. The molecule has 1 aromatic carbocycles. The van der Waals surface area contributed by atoms with Crippen molar-refractivity contribution in [3.05, 3.63) is 36.1 Å². The Balaban J connectivity index is 1.31. The molecule has 1 aromatic rings. The third-order valence-corrected chi connectivity index (χ3v) is 7.46. The Labute approximate surface area is 213 Å². The average Bonchev–Trinajstić information content (AvgIpc) is 3.42.